The van der Waals surface area contributed by atoms with Crippen molar-refractivity contribution < 1.29 is 0 Å². The van der Waals surface area contributed by atoms with Crippen molar-refractivity contribution in [3.05, 3.63) is 29.8 Å². The Morgan fingerprint density at radius 1 is 1.38 bits per heavy atom. The first-order valence-electron chi connectivity index (χ1n) is 4.49. The molecule has 0 spiro atoms. The van der Waals surface area contributed by atoms with Gasteiger partial charge in [0.15, 0.2) is 0 Å². The van der Waals surface area contributed by atoms with Gasteiger partial charge in [-0.2, -0.15) is 0 Å². The number of rotatable bonds is 3. The third-order valence-electron chi connectivity index (χ3n) is 1.93. The van der Waals surface area contributed by atoms with Crippen LogP contribution in [0.25, 0.3) is 0 Å². The van der Waals surface area contributed by atoms with Gasteiger partial charge in [0.25, 0.3) is 0 Å². The monoisotopic (exact) mass is 190 g/mol. The summed E-state index contributed by atoms with van der Waals surface area (Å²) in [4.78, 5) is 1.30. The van der Waals surface area contributed by atoms with Gasteiger partial charge in [0, 0.05) is 15.7 Å². The summed E-state index contributed by atoms with van der Waals surface area (Å²) in [6.45, 7) is 4.44. The van der Waals surface area contributed by atoms with Gasteiger partial charge in [-0.25, -0.2) is 0 Å². The summed E-state index contributed by atoms with van der Waals surface area (Å²) in [5, 5.41) is 0.677. The van der Waals surface area contributed by atoms with E-state index >= 15 is 0 Å². The molecule has 0 saturated heterocycles. The minimum Gasteiger partial charge on any atom is -0.123 e. The van der Waals surface area contributed by atoms with E-state index in [1.54, 1.807) is 0 Å². The lowest BCUT2D eigenvalue weighted by atomic mass is 10.2. The highest BCUT2D eigenvalue weighted by atomic mass is 32.2. The lowest BCUT2D eigenvalue weighted by Crippen LogP contribution is -1.91. The van der Waals surface area contributed by atoms with Gasteiger partial charge in [0.05, 0.1) is 0 Å². The lowest BCUT2D eigenvalue weighted by Gasteiger charge is -2.07. The second kappa shape index (κ2) is 4.99. The standard InChI is InChI=1S/C12H14S/c1-4-10(3)13-12-8-6-11(5-2)7-9-12/h2,6-10H,4H2,1,3H3. The van der Waals surface area contributed by atoms with Crippen LogP contribution in [0.15, 0.2) is 29.2 Å². The summed E-state index contributed by atoms with van der Waals surface area (Å²) in [5.41, 5.74) is 0.952. The molecule has 0 bridgehead atoms. The maximum Gasteiger partial charge on any atom is 0.0243 e. The van der Waals surface area contributed by atoms with Crippen LogP contribution < -0.4 is 0 Å². The smallest absolute Gasteiger partial charge is 0.0243 e. The van der Waals surface area contributed by atoms with Gasteiger partial charge < -0.3 is 0 Å². The van der Waals surface area contributed by atoms with Gasteiger partial charge in [-0.15, -0.1) is 18.2 Å². The molecule has 1 unspecified atom stereocenters. The summed E-state index contributed by atoms with van der Waals surface area (Å²) in [6, 6.07) is 8.16. The summed E-state index contributed by atoms with van der Waals surface area (Å²) < 4.78 is 0. The van der Waals surface area contributed by atoms with E-state index in [0.29, 0.717) is 5.25 Å². The van der Waals surface area contributed by atoms with Crippen LogP contribution in [0.2, 0.25) is 0 Å². The van der Waals surface area contributed by atoms with E-state index in [-0.39, 0.29) is 0 Å². The van der Waals surface area contributed by atoms with E-state index in [2.05, 4.69) is 31.9 Å². The molecule has 1 heteroatoms. The Morgan fingerprint density at radius 3 is 2.46 bits per heavy atom. The van der Waals surface area contributed by atoms with E-state index in [0.717, 1.165) is 5.56 Å². The average molecular weight is 190 g/mol. The molecule has 1 aromatic rings. The topological polar surface area (TPSA) is 0 Å². The minimum absolute atomic E-state index is 0.677. The Kier molecular flexibility index (Phi) is 3.92. The SMILES string of the molecule is C#Cc1ccc(SC(C)CC)cc1. The van der Waals surface area contributed by atoms with Crippen LogP contribution in [-0.2, 0) is 0 Å². The van der Waals surface area contributed by atoms with Crippen molar-refractivity contribution in [2.24, 2.45) is 0 Å². The Bertz CT molecular complexity index is 292. The molecule has 0 fully saturated rings. The summed E-state index contributed by atoms with van der Waals surface area (Å²) in [6.07, 6.45) is 6.47. The molecule has 1 aromatic carbocycles. The quantitative estimate of drug-likeness (QED) is 0.519. The second-order valence-electron chi connectivity index (χ2n) is 3.01. The molecule has 1 atom stereocenters. The van der Waals surface area contributed by atoms with E-state index in [1.807, 2.05) is 23.9 Å². The molecule has 0 aliphatic carbocycles. The molecule has 1 rings (SSSR count). The fourth-order valence-electron chi connectivity index (χ4n) is 0.945. The Balaban J connectivity index is 2.65. The predicted octanol–water partition coefficient (Wildman–Crippen LogP) is 3.56. The van der Waals surface area contributed by atoms with Gasteiger partial charge in [0.2, 0.25) is 0 Å². The Labute approximate surface area is 84.7 Å². The van der Waals surface area contributed by atoms with Crippen LogP contribution in [0.1, 0.15) is 25.8 Å². The number of hydrogen-bond donors (Lipinski definition) is 0. The fourth-order valence-corrected chi connectivity index (χ4v) is 1.87. The van der Waals surface area contributed by atoms with Crippen molar-refractivity contribution in [2.45, 2.75) is 30.4 Å². The van der Waals surface area contributed by atoms with E-state index < -0.39 is 0 Å². The van der Waals surface area contributed by atoms with Crippen LogP contribution in [0.3, 0.4) is 0 Å². The maximum absolute atomic E-state index is 5.27. The molecule has 0 aromatic heterocycles. The summed E-state index contributed by atoms with van der Waals surface area (Å²) in [5.74, 6) is 2.61. The molecular weight excluding hydrogens is 176 g/mol. The molecular formula is C12H14S. The largest absolute Gasteiger partial charge is 0.123 e. The number of terminal acetylenes is 1. The first-order chi connectivity index (χ1) is 6.26. The molecule has 0 aliphatic heterocycles. The van der Waals surface area contributed by atoms with Crippen molar-refractivity contribution in [1.29, 1.82) is 0 Å². The van der Waals surface area contributed by atoms with Crippen LogP contribution in [-0.4, -0.2) is 5.25 Å². The van der Waals surface area contributed by atoms with Gasteiger partial charge in [-0.05, 0) is 30.7 Å². The van der Waals surface area contributed by atoms with Gasteiger partial charge in [-0.1, -0.05) is 19.8 Å². The molecule has 0 amide bonds. The summed E-state index contributed by atoms with van der Waals surface area (Å²) >= 11 is 1.89. The molecule has 0 nitrogen and oxygen atoms in total. The highest BCUT2D eigenvalue weighted by Crippen LogP contribution is 2.24. The van der Waals surface area contributed by atoms with Gasteiger partial charge in [-0.3, -0.25) is 0 Å². The predicted molar refractivity (Wildman–Crippen MR) is 60.0 cm³/mol. The van der Waals surface area contributed by atoms with Gasteiger partial charge >= 0.3 is 0 Å². The molecule has 68 valence electrons. The van der Waals surface area contributed by atoms with Crippen molar-refractivity contribution in [3.8, 4) is 12.3 Å². The van der Waals surface area contributed by atoms with Crippen molar-refractivity contribution >= 4 is 11.8 Å². The molecule has 13 heavy (non-hydrogen) atoms. The van der Waals surface area contributed by atoms with E-state index in [9.17, 15) is 0 Å². The average Bonchev–Trinajstić information content (AvgIpc) is 2.19. The first kappa shape index (κ1) is 10.2. The number of benzene rings is 1. The van der Waals surface area contributed by atoms with E-state index in [4.69, 9.17) is 6.42 Å². The van der Waals surface area contributed by atoms with Crippen LogP contribution >= 0.6 is 11.8 Å². The highest BCUT2D eigenvalue weighted by Gasteiger charge is 2.00. The van der Waals surface area contributed by atoms with Crippen LogP contribution in [0, 0.1) is 12.3 Å². The maximum atomic E-state index is 5.27. The second-order valence-corrected chi connectivity index (χ2v) is 4.52. The zero-order chi connectivity index (χ0) is 9.68. The van der Waals surface area contributed by atoms with E-state index in [1.165, 1.54) is 11.3 Å². The molecule has 0 aliphatic rings. The minimum atomic E-state index is 0.677. The third-order valence-corrected chi connectivity index (χ3v) is 3.21. The molecule has 0 heterocycles. The fraction of sp³-hybridized carbons (Fsp3) is 0.333. The number of hydrogen-bond acceptors (Lipinski definition) is 1. The zero-order valence-electron chi connectivity index (χ0n) is 8.08. The van der Waals surface area contributed by atoms with Crippen LogP contribution in [0.5, 0.6) is 0 Å². The normalized spacial score (nSPS) is 12.1. The third kappa shape index (κ3) is 3.16. The first-order valence-corrected chi connectivity index (χ1v) is 5.37. The van der Waals surface area contributed by atoms with Crippen LogP contribution in [0.4, 0.5) is 0 Å². The molecule has 0 N–H and O–H groups in total. The Hall–Kier alpha value is -0.870. The van der Waals surface area contributed by atoms with Gasteiger partial charge in [0.1, 0.15) is 0 Å². The Morgan fingerprint density at radius 2 is 2.00 bits per heavy atom. The number of thioether (sulfide) groups is 1. The zero-order valence-corrected chi connectivity index (χ0v) is 8.90. The lowest BCUT2D eigenvalue weighted by molar-refractivity contribution is 0.905. The van der Waals surface area contributed by atoms with Crippen molar-refractivity contribution in [3.63, 3.8) is 0 Å². The summed E-state index contributed by atoms with van der Waals surface area (Å²) in [7, 11) is 0. The van der Waals surface area contributed by atoms with Crippen molar-refractivity contribution in [1.82, 2.24) is 0 Å². The van der Waals surface area contributed by atoms with Crippen molar-refractivity contribution in [2.75, 3.05) is 0 Å². The molecule has 0 saturated carbocycles. The highest BCUT2D eigenvalue weighted by molar-refractivity contribution is 7.99. The molecule has 0 radical (unpaired) electrons.